The zero-order valence-electron chi connectivity index (χ0n) is 13.7. The van der Waals surface area contributed by atoms with Crippen LogP contribution in [0.2, 0.25) is 0 Å². The number of nitrogens with zero attached hydrogens (tertiary/aromatic N) is 1. The third kappa shape index (κ3) is 4.23. The molecule has 2 aromatic carbocycles. The van der Waals surface area contributed by atoms with E-state index < -0.39 is 6.10 Å². The molecule has 0 radical (unpaired) electrons. The summed E-state index contributed by atoms with van der Waals surface area (Å²) in [6, 6.07) is 16.7. The molecular formula is C19H18N2O3S. The molecule has 0 bridgehead atoms. The van der Waals surface area contributed by atoms with E-state index in [1.807, 2.05) is 54.6 Å². The summed E-state index contributed by atoms with van der Waals surface area (Å²) in [7, 11) is 1.62. The molecule has 0 saturated heterocycles. The first-order valence-corrected chi connectivity index (χ1v) is 8.66. The van der Waals surface area contributed by atoms with Gasteiger partial charge in [0.15, 0.2) is 0 Å². The Labute approximate surface area is 149 Å². The Morgan fingerprint density at radius 1 is 1.20 bits per heavy atom. The van der Waals surface area contributed by atoms with Gasteiger partial charge in [0.05, 0.1) is 13.2 Å². The van der Waals surface area contributed by atoms with E-state index in [1.165, 1.54) is 11.3 Å². The number of benzene rings is 2. The number of aromatic nitrogens is 1. The lowest BCUT2D eigenvalue weighted by Crippen LogP contribution is -2.28. The van der Waals surface area contributed by atoms with Crippen molar-refractivity contribution in [1.29, 1.82) is 0 Å². The van der Waals surface area contributed by atoms with Crippen molar-refractivity contribution < 1.29 is 14.6 Å². The van der Waals surface area contributed by atoms with Gasteiger partial charge in [0.2, 0.25) is 0 Å². The van der Waals surface area contributed by atoms with E-state index in [1.54, 1.807) is 12.5 Å². The Morgan fingerprint density at radius 2 is 1.92 bits per heavy atom. The molecule has 2 N–H and O–H groups in total. The van der Waals surface area contributed by atoms with Crippen LogP contribution in [0.15, 0.2) is 60.0 Å². The number of hydrogen-bond acceptors (Lipinski definition) is 5. The second-order valence-corrected chi connectivity index (χ2v) is 6.26. The fourth-order valence-corrected chi connectivity index (χ4v) is 3.12. The first-order chi connectivity index (χ1) is 12.2. The molecule has 3 rings (SSSR count). The van der Waals surface area contributed by atoms with E-state index in [4.69, 9.17) is 4.74 Å². The first-order valence-electron chi connectivity index (χ1n) is 7.78. The fourth-order valence-electron chi connectivity index (χ4n) is 2.32. The summed E-state index contributed by atoms with van der Waals surface area (Å²) < 4.78 is 5.13. The summed E-state index contributed by atoms with van der Waals surface area (Å²) in [5, 5.41) is 15.3. The van der Waals surface area contributed by atoms with E-state index in [2.05, 4.69) is 10.3 Å². The van der Waals surface area contributed by atoms with Gasteiger partial charge in [0.25, 0.3) is 5.91 Å². The number of ether oxygens (including phenoxy) is 1. The van der Waals surface area contributed by atoms with Crippen molar-refractivity contribution in [3.05, 3.63) is 71.2 Å². The standard InChI is InChI=1S/C19H18N2O3S/c1-24-15-9-7-14(8-10-15)19-21-16(12-25-19)18(23)20-11-17(22)13-5-3-2-4-6-13/h2-10,12,17,22H,11H2,1H3,(H,20,23)/t17-/m1/s1. The molecule has 0 spiro atoms. The largest absolute Gasteiger partial charge is 0.497 e. The predicted molar refractivity (Wildman–Crippen MR) is 97.8 cm³/mol. The van der Waals surface area contributed by atoms with Gasteiger partial charge in [-0.3, -0.25) is 4.79 Å². The highest BCUT2D eigenvalue weighted by Crippen LogP contribution is 2.25. The Hall–Kier alpha value is -2.70. The highest BCUT2D eigenvalue weighted by atomic mass is 32.1. The summed E-state index contributed by atoms with van der Waals surface area (Å²) >= 11 is 1.40. The zero-order chi connectivity index (χ0) is 17.6. The molecular weight excluding hydrogens is 336 g/mol. The van der Waals surface area contributed by atoms with Crippen LogP contribution in [0.5, 0.6) is 5.75 Å². The number of carbonyl (C=O) groups excluding carboxylic acids is 1. The molecule has 0 saturated carbocycles. The third-order valence-electron chi connectivity index (χ3n) is 3.71. The summed E-state index contributed by atoms with van der Waals surface area (Å²) in [6.07, 6.45) is -0.746. The van der Waals surface area contributed by atoms with Crippen molar-refractivity contribution in [2.75, 3.05) is 13.7 Å². The van der Waals surface area contributed by atoms with Crippen molar-refractivity contribution >= 4 is 17.2 Å². The first kappa shape index (κ1) is 17.1. The number of carbonyl (C=O) groups is 1. The van der Waals surface area contributed by atoms with Gasteiger partial charge in [-0.2, -0.15) is 0 Å². The Bertz CT molecular complexity index is 831. The number of aliphatic hydroxyl groups excluding tert-OH is 1. The van der Waals surface area contributed by atoms with Gasteiger partial charge >= 0.3 is 0 Å². The molecule has 0 aliphatic heterocycles. The van der Waals surface area contributed by atoms with Crippen molar-refractivity contribution in [3.63, 3.8) is 0 Å². The lowest BCUT2D eigenvalue weighted by atomic mass is 10.1. The molecule has 6 heteroatoms. The molecule has 128 valence electrons. The zero-order valence-corrected chi connectivity index (χ0v) is 14.5. The molecule has 5 nitrogen and oxygen atoms in total. The fraction of sp³-hybridized carbons (Fsp3) is 0.158. The molecule has 25 heavy (non-hydrogen) atoms. The monoisotopic (exact) mass is 354 g/mol. The second kappa shape index (κ2) is 7.92. The topological polar surface area (TPSA) is 71.5 Å². The lowest BCUT2D eigenvalue weighted by Gasteiger charge is -2.11. The number of nitrogens with one attached hydrogen (secondary N) is 1. The Kier molecular flexibility index (Phi) is 5.42. The SMILES string of the molecule is COc1ccc(-c2nc(C(=O)NC[C@@H](O)c3ccccc3)cs2)cc1. The van der Waals surface area contributed by atoms with Crippen molar-refractivity contribution in [2.24, 2.45) is 0 Å². The van der Waals surface area contributed by atoms with Crippen LogP contribution in [0, 0.1) is 0 Å². The maximum Gasteiger partial charge on any atom is 0.270 e. The molecule has 1 atom stereocenters. The summed E-state index contributed by atoms with van der Waals surface area (Å²) in [5.74, 6) is 0.471. The molecule has 0 fully saturated rings. The molecule has 3 aromatic rings. The number of thiazole rings is 1. The van der Waals surface area contributed by atoms with E-state index in [9.17, 15) is 9.90 Å². The normalized spacial score (nSPS) is 11.8. The quantitative estimate of drug-likeness (QED) is 0.713. The molecule has 1 aromatic heterocycles. The van der Waals surface area contributed by atoms with E-state index in [0.717, 1.165) is 21.9 Å². The van der Waals surface area contributed by atoms with Crippen LogP contribution in [0.1, 0.15) is 22.2 Å². The average Bonchev–Trinajstić information content (AvgIpc) is 3.17. The number of aliphatic hydroxyl groups is 1. The summed E-state index contributed by atoms with van der Waals surface area (Å²) in [4.78, 5) is 16.6. The predicted octanol–water partition coefficient (Wildman–Crippen LogP) is 3.28. The van der Waals surface area contributed by atoms with Crippen LogP contribution < -0.4 is 10.1 Å². The molecule has 0 unspecified atom stereocenters. The highest BCUT2D eigenvalue weighted by Gasteiger charge is 2.14. The second-order valence-electron chi connectivity index (χ2n) is 5.40. The molecule has 0 aliphatic rings. The Balaban J connectivity index is 1.62. The smallest absolute Gasteiger partial charge is 0.270 e. The number of rotatable bonds is 6. The van der Waals surface area contributed by atoms with Gasteiger partial charge in [0, 0.05) is 17.5 Å². The number of amides is 1. The van der Waals surface area contributed by atoms with Gasteiger partial charge in [-0.15, -0.1) is 11.3 Å². The average molecular weight is 354 g/mol. The third-order valence-corrected chi connectivity index (χ3v) is 4.61. The maximum absolute atomic E-state index is 12.2. The Morgan fingerprint density at radius 3 is 2.60 bits per heavy atom. The minimum Gasteiger partial charge on any atom is -0.497 e. The van der Waals surface area contributed by atoms with Crippen LogP contribution in [-0.2, 0) is 0 Å². The van der Waals surface area contributed by atoms with Crippen LogP contribution in [-0.4, -0.2) is 29.7 Å². The maximum atomic E-state index is 12.2. The number of hydrogen-bond donors (Lipinski definition) is 2. The van der Waals surface area contributed by atoms with Crippen LogP contribution in [0.3, 0.4) is 0 Å². The van der Waals surface area contributed by atoms with Gasteiger partial charge in [0.1, 0.15) is 16.5 Å². The van der Waals surface area contributed by atoms with Crippen molar-refractivity contribution in [2.45, 2.75) is 6.10 Å². The van der Waals surface area contributed by atoms with Crippen LogP contribution in [0.25, 0.3) is 10.6 Å². The van der Waals surface area contributed by atoms with Gasteiger partial charge in [-0.1, -0.05) is 30.3 Å². The van der Waals surface area contributed by atoms with Crippen molar-refractivity contribution in [1.82, 2.24) is 10.3 Å². The summed E-state index contributed by atoms with van der Waals surface area (Å²) in [6.45, 7) is 0.137. The van der Waals surface area contributed by atoms with Crippen molar-refractivity contribution in [3.8, 4) is 16.3 Å². The molecule has 1 heterocycles. The lowest BCUT2D eigenvalue weighted by molar-refractivity contribution is 0.0912. The van der Waals surface area contributed by atoms with Crippen LogP contribution >= 0.6 is 11.3 Å². The minimum atomic E-state index is -0.746. The van der Waals surface area contributed by atoms with Crippen LogP contribution in [0.4, 0.5) is 0 Å². The van der Waals surface area contributed by atoms with E-state index in [-0.39, 0.29) is 12.5 Å². The van der Waals surface area contributed by atoms with Gasteiger partial charge < -0.3 is 15.2 Å². The summed E-state index contributed by atoms with van der Waals surface area (Å²) in [5.41, 5.74) is 2.03. The minimum absolute atomic E-state index is 0.137. The van der Waals surface area contributed by atoms with E-state index >= 15 is 0 Å². The van der Waals surface area contributed by atoms with E-state index in [0.29, 0.717) is 5.69 Å². The molecule has 0 aliphatic carbocycles. The molecule has 1 amide bonds. The van der Waals surface area contributed by atoms with Gasteiger partial charge in [-0.05, 0) is 29.8 Å². The highest BCUT2D eigenvalue weighted by molar-refractivity contribution is 7.13. The number of methoxy groups -OCH3 is 1. The van der Waals surface area contributed by atoms with Gasteiger partial charge in [-0.25, -0.2) is 4.98 Å².